The summed E-state index contributed by atoms with van der Waals surface area (Å²) in [6.45, 7) is 2.28. The third-order valence-electron chi connectivity index (χ3n) is 6.71. The lowest BCUT2D eigenvalue weighted by Gasteiger charge is -2.31. The number of aromatic nitrogens is 3. The van der Waals surface area contributed by atoms with E-state index in [1.54, 1.807) is 18.0 Å². The van der Waals surface area contributed by atoms with Gasteiger partial charge >= 0.3 is 0 Å². The molecule has 2 aromatic heterocycles. The number of alkyl halides is 2. The minimum atomic E-state index is -2.77. The molecule has 0 saturated heterocycles. The number of imidazole rings is 1. The highest BCUT2D eigenvalue weighted by molar-refractivity contribution is 8.13. The molecule has 7 nitrogen and oxygen atoms in total. The zero-order chi connectivity index (χ0) is 23.7. The second-order valence-corrected chi connectivity index (χ2v) is 9.88. The van der Waals surface area contributed by atoms with Crippen LogP contribution in [0.4, 0.5) is 8.78 Å². The molecule has 174 valence electrons. The van der Waals surface area contributed by atoms with Crippen molar-refractivity contribution < 1.29 is 18.4 Å². The fourth-order valence-electron chi connectivity index (χ4n) is 4.89. The Balaban J connectivity index is 1.57. The third-order valence-corrected chi connectivity index (χ3v) is 7.37. The van der Waals surface area contributed by atoms with E-state index >= 15 is 0 Å². The molecule has 4 heterocycles. The van der Waals surface area contributed by atoms with Crippen LogP contribution in [0.5, 0.6) is 0 Å². The van der Waals surface area contributed by atoms with Crippen molar-refractivity contribution in [2.24, 2.45) is 4.40 Å². The maximum absolute atomic E-state index is 14.1. The van der Waals surface area contributed by atoms with Crippen molar-refractivity contribution in [1.82, 2.24) is 19.4 Å². The van der Waals surface area contributed by atoms with Gasteiger partial charge in [0.15, 0.2) is 0 Å². The van der Waals surface area contributed by atoms with Gasteiger partial charge in [-0.15, -0.1) is 0 Å². The summed E-state index contributed by atoms with van der Waals surface area (Å²) in [5.74, 6) is 1.25. The Kier molecular flexibility index (Phi) is 4.84. The summed E-state index contributed by atoms with van der Waals surface area (Å²) in [6, 6.07) is 6.56. The predicted octanol–water partition coefficient (Wildman–Crippen LogP) is 4.81. The van der Waals surface area contributed by atoms with Gasteiger partial charge in [0.1, 0.15) is 11.9 Å². The van der Waals surface area contributed by atoms with Crippen LogP contribution in [-0.4, -0.2) is 43.2 Å². The molecule has 6 rings (SSSR count). The molecule has 3 aromatic rings. The Hall–Kier alpha value is -3.14. The second kappa shape index (κ2) is 7.69. The number of nitrogens with zero attached hydrogens (tertiary/aromatic N) is 5. The number of rotatable bonds is 4. The number of likely N-dealkylation sites (N-methyl/N-ethyl adjacent to an activating group) is 1. The average Bonchev–Trinajstić information content (AvgIpc) is 3.46. The van der Waals surface area contributed by atoms with Crippen LogP contribution >= 0.6 is 11.9 Å². The van der Waals surface area contributed by atoms with Crippen molar-refractivity contribution in [2.45, 2.75) is 51.1 Å². The molecule has 0 bridgehead atoms. The van der Waals surface area contributed by atoms with Crippen molar-refractivity contribution in [3.8, 4) is 11.3 Å². The van der Waals surface area contributed by atoms with Gasteiger partial charge in [0, 0.05) is 29.5 Å². The van der Waals surface area contributed by atoms with Crippen molar-refractivity contribution in [3.63, 3.8) is 0 Å². The van der Waals surface area contributed by atoms with Gasteiger partial charge in [0.05, 0.1) is 53.2 Å². The summed E-state index contributed by atoms with van der Waals surface area (Å²) in [7, 11) is 1.77. The largest absolute Gasteiger partial charge is 0.338 e. The number of benzene rings is 1. The zero-order valence-electron chi connectivity index (χ0n) is 18.6. The van der Waals surface area contributed by atoms with E-state index in [0.717, 1.165) is 36.3 Å². The normalized spacial score (nSPS) is 20.4. The number of pyridine rings is 1. The van der Waals surface area contributed by atoms with Crippen molar-refractivity contribution >= 4 is 39.6 Å². The van der Waals surface area contributed by atoms with Crippen LogP contribution in [0.15, 0.2) is 28.7 Å². The van der Waals surface area contributed by atoms with Crippen LogP contribution in [0.1, 0.15) is 67.3 Å². The Morgan fingerprint density at radius 1 is 1.15 bits per heavy atom. The molecule has 1 fully saturated rings. The molecule has 10 heteroatoms. The number of hydrogen-bond donors (Lipinski definition) is 0. The van der Waals surface area contributed by atoms with E-state index < -0.39 is 6.43 Å². The van der Waals surface area contributed by atoms with E-state index in [2.05, 4.69) is 9.38 Å². The number of halogens is 2. The molecule has 2 aliphatic heterocycles. The highest BCUT2D eigenvalue weighted by Gasteiger charge is 2.38. The molecule has 0 radical (unpaired) electrons. The lowest BCUT2D eigenvalue weighted by Crippen LogP contribution is -2.39. The molecule has 1 atom stereocenters. The topological polar surface area (TPSA) is 80.5 Å². The average molecular weight is 482 g/mol. The first-order chi connectivity index (χ1) is 16.3. The smallest absolute Gasteiger partial charge is 0.266 e. The van der Waals surface area contributed by atoms with Crippen LogP contribution in [0, 0.1) is 0 Å². The monoisotopic (exact) mass is 481 g/mol. The fourth-order valence-corrected chi connectivity index (χ4v) is 5.46. The molecule has 0 spiro atoms. The van der Waals surface area contributed by atoms with Crippen LogP contribution in [0.2, 0.25) is 0 Å². The summed E-state index contributed by atoms with van der Waals surface area (Å²) in [6.07, 6.45) is -0.728. The van der Waals surface area contributed by atoms with Crippen LogP contribution in [0.25, 0.3) is 22.2 Å². The molecular formula is C24H21F2N5O2S. The maximum atomic E-state index is 14.1. The summed E-state index contributed by atoms with van der Waals surface area (Å²) in [5, 5.41) is 0.380. The van der Waals surface area contributed by atoms with Gasteiger partial charge in [-0.25, -0.2) is 23.1 Å². The Morgan fingerprint density at radius 3 is 2.62 bits per heavy atom. The summed E-state index contributed by atoms with van der Waals surface area (Å²) >= 11 is 0.773. The summed E-state index contributed by atoms with van der Waals surface area (Å²) in [4.78, 5) is 35.6. The molecule has 1 unspecified atom stereocenters. The molecule has 1 saturated carbocycles. The third kappa shape index (κ3) is 3.26. The molecule has 0 N–H and O–H groups in total. The lowest BCUT2D eigenvalue weighted by molar-refractivity contribution is -0.135. The van der Waals surface area contributed by atoms with Gasteiger partial charge < -0.3 is 9.47 Å². The first-order valence-electron chi connectivity index (χ1n) is 11.2. The van der Waals surface area contributed by atoms with Crippen LogP contribution in [-0.2, 0) is 16.1 Å². The first-order valence-corrected chi connectivity index (χ1v) is 12.0. The Labute approximate surface area is 198 Å². The van der Waals surface area contributed by atoms with E-state index in [1.165, 1.54) is 6.07 Å². The van der Waals surface area contributed by atoms with Gasteiger partial charge in [-0.1, -0.05) is 12.1 Å². The minimum absolute atomic E-state index is 0.0138. The molecule has 1 aliphatic carbocycles. The highest BCUT2D eigenvalue weighted by atomic mass is 32.2. The van der Waals surface area contributed by atoms with E-state index in [4.69, 9.17) is 4.98 Å². The summed E-state index contributed by atoms with van der Waals surface area (Å²) < 4.78 is 34.4. The fraction of sp³-hybridized carbons (Fsp3) is 0.375. The van der Waals surface area contributed by atoms with Gasteiger partial charge in [0.2, 0.25) is 11.0 Å². The van der Waals surface area contributed by atoms with E-state index in [0.29, 0.717) is 34.6 Å². The molecular weight excluding hydrogens is 460 g/mol. The van der Waals surface area contributed by atoms with Gasteiger partial charge in [-0.3, -0.25) is 9.59 Å². The standard InChI is InChI=1S/C24H21F2N5O2S/c1-11-24(33)30(2)10-18-21(28-23(31(11)18)12-6-7-12)13-4-3-5-16-14(13)8-15(22(25)26)20(27-16)17-9-19(32)34-29-17/h3-5,8,11-12,22H,6-7,9-10H2,1-2H3. The molecule has 1 aromatic carbocycles. The van der Waals surface area contributed by atoms with Crippen molar-refractivity contribution in [3.05, 3.63) is 47.0 Å². The quantitative estimate of drug-likeness (QED) is 0.500. The highest BCUT2D eigenvalue weighted by Crippen LogP contribution is 2.45. The van der Waals surface area contributed by atoms with Gasteiger partial charge in [-0.05, 0) is 31.9 Å². The molecule has 3 aliphatic rings. The number of carbonyl (C=O) groups excluding carboxylic acids is 2. The van der Waals surface area contributed by atoms with E-state index in [1.807, 2.05) is 23.6 Å². The van der Waals surface area contributed by atoms with Crippen LogP contribution < -0.4 is 0 Å². The minimum Gasteiger partial charge on any atom is -0.338 e. The number of amides is 1. The first kappa shape index (κ1) is 21.4. The molecule has 1 amide bonds. The van der Waals surface area contributed by atoms with Gasteiger partial charge in [0.25, 0.3) is 6.43 Å². The van der Waals surface area contributed by atoms with E-state index in [9.17, 15) is 18.4 Å². The Morgan fingerprint density at radius 2 is 1.94 bits per heavy atom. The van der Waals surface area contributed by atoms with Gasteiger partial charge in [-0.2, -0.15) is 0 Å². The van der Waals surface area contributed by atoms with Crippen LogP contribution in [0.3, 0.4) is 0 Å². The summed E-state index contributed by atoms with van der Waals surface area (Å²) in [5.41, 5.74) is 2.97. The lowest BCUT2D eigenvalue weighted by atomic mass is 9.99. The number of hydrogen-bond acceptors (Lipinski definition) is 6. The van der Waals surface area contributed by atoms with E-state index in [-0.39, 0.29) is 40.5 Å². The molecule has 34 heavy (non-hydrogen) atoms. The zero-order valence-corrected chi connectivity index (χ0v) is 19.4. The Bertz CT molecular complexity index is 1410. The number of carbonyl (C=O) groups is 2. The second-order valence-electron chi connectivity index (χ2n) is 9.06. The SMILES string of the molecule is CC1C(=O)N(C)Cc2c(-c3cccc4nc(C5=NSC(=O)C5)c(C(F)F)cc34)nc(C3CC3)n21. The van der Waals surface area contributed by atoms with Crippen molar-refractivity contribution in [1.29, 1.82) is 0 Å². The van der Waals surface area contributed by atoms with Crippen molar-refractivity contribution in [2.75, 3.05) is 7.05 Å². The predicted molar refractivity (Wildman–Crippen MR) is 125 cm³/mol. The maximum Gasteiger partial charge on any atom is 0.266 e. The number of fused-ring (bicyclic) bond motifs is 2.